The van der Waals surface area contributed by atoms with Crippen LogP contribution in [-0.2, 0) is 94.9 Å². The molecule has 18 unspecified atom stereocenters. The second-order valence-electron chi connectivity index (χ2n) is 37.6. The monoisotopic (exact) mass is 2040 g/mol. The van der Waals surface area contributed by atoms with Gasteiger partial charge >= 0.3 is 0 Å². The predicted molar refractivity (Wildman–Crippen MR) is 471 cm³/mol. The average Bonchev–Trinajstić information content (AvgIpc) is 0.751. The van der Waals surface area contributed by atoms with Gasteiger partial charge in [-0.05, 0) is 19.3 Å². The highest BCUT2D eigenvalue weighted by Gasteiger charge is 2.62. The molecule has 0 spiro atoms. The molecule has 50 heteroatoms. The number of rotatable bonds is 58. The normalized spacial score (nSPS) is 42.2. The molecule has 50 nitrogen and oxygen atoms in total. The summed E-state index contributed by atoms with van der Waals surface area (Å²) in [4.78, 5) is 25.7. The van der Waals surface area contributed by atoms with Crippen LogP contribution in [0.5, 0.6) is 0 Å². The standard InChI is InChI=1S/C90H160N2O48/c1-4-6-8-10-12-14-16-18-20-22-24-26-28-30-44(103)43(92-54(104)31-29-27-25-23-21-19-17-15-13-11-9-7-5-2)41-123-83-66(115)64(113)74(52(39-100)131-83)133-84-67(116)65(114)75(53(40-101)132-84)134-85-69(118)77(58(107)47(34-95)125-85)136-87-71(120)79(60(109)49(36-97)127-87)138-89-73(122)81(62(111)51(38-99)129-89)140-90-72(121)80(61(110)50(37-98)130-90)139-88-70(119)78(59(108)48(35-96)128-88)137-86-68(117)76(57(106)46(33-94)126-86)135-82-55(91-42(3)102)63(112)56(105)45(32-93)124-82/h28,30,43-53,55-90,93-101,103,105-122H,4-27,29,31-41H2,1-3H3,(H,91,102)(H,92,104)/b30-28+/t43-,44+,45?,46?,47?,48?,49?,50?,51?,52?,53?,55?,56-,57-,58-,59-,60-,61-,62-,63+,64+,65+,66?,67?,68?,69?,70?,71?,72?,73?,74+,75-,76-,77-,78-,79-,80-,81-,82-,83+,84-,85-,86+,87+,88+,89+,90+/m0/s1. The lowest BCUT2D eigenvalue weighted by Gasteiger charge is -2.50. The molecule has 30 N–H and O–H groups in total. The summed E-state index contributed by atoms with van der Waals surface area (Å²) in [7, 11) is 0. The van der Waals surface area contributed by atoms with Crippen molar-refractivity contribution < 1.29 is 238 Å². The first-order chi connectivity index (χ1) is 67.1. The van der Waals surface area contributed by atoms with Gasteiger partial charge in [-0.25, -0.2) is 0 Å². The van der Waals surface area contributed by atoms with E-state index < -0.39 is 360 Å². The second-order valence-corrected chi connectivity index (χ2v) is 37.6. The quantitative estimate of drug-likeness (QED) is 0.0199. The molecule has 9 fully saturated rings. The summed E-state index contributed by atoms with van der Waals surface area (Å²) in [5, 5.41) is 321. The molecule has 0 aliphatic carbocycles. The highest BCUT2D eigenvalue weighted by Crippen LogP contribution is 2.41. The molecule has 9 rings (SSSR count). The van der Waals surface area contributed by atoms with Crippen LogP contribution in [0.3, 0.4) is 0 Å². The van der Waals surface area contributed by atoms with Gasteiger partial charge in [-0.1, -0.05) is 167 Å². The van der Waals surface area contributed by atoms with Crippen LogP contribution in [0.2, 0.25) is 0 Å². The van der Waals surface area contributed by atoms with Crippen LogP contribution in [0, 0.1) is 0 Å². The largest absolute Gasteiger partial charge is 0.394 e. The fourth-order valence-corrected chi connectivity index (χ4v) is 18.8. The number of unbranched alkanes of at least 4 members (excludes halogenated alkanes) is 23. The Labute approximate surface area is 811 Å². The third kappa shape index (κ3) is 32.2. The number of amides is 2. The van der Waals surface area contributed by atoms with Crippen LogP contribution in [0.25, 0.3) is 0 Å². The minimum Gasteiger partial charge on any atom is -0.394 e. The molecule has 0 bridgehead atoms. The fourth-order valence-electron chi connectivity index (χ4n) is 18.8. The molecule has 9 aliphatic rings. The highest BCUT2D eigenvalue weighted by molar-refractivity contribution is 5.76. The number of hydrogen-bond acceptors (Lipinski definition) is 48. The maximum Gasteiger partial charge on any atom is 0.220 e. The number of hydrogen-bond donors (Lipinski definition) is 30. The van der Waals surface area contributed by atoms with Crippen molar-refractivity contribution in [1.29, 1.82) is 0 Å². The summed E-state index contributed by atoms with van der Waals surface area (Å²) in [6.07, 6.45) is -62.1. The molecule has 0 radical (unpaired) electrons. The molecule has 9 heterocycles. The molecule has 0 aromatic carbocycles. The first-order valence-corrected chi connectivity index (χ1v) is 49.5. The molecular weight excluding hydrogens is 1880 g/mol. The van der Waals surface area contributed by atoms with E-state index in [1.165, 1.54) is 89.9 Å². The van der Waals surface area contributed by atoms with Gasteiger partial charge in [-0.3, -0.25) is 9.59 Å². The molecule has 9 saturated heterocycles. The maximum atomic E-state index is 13.5. The second kappa shape index (κ2) is 60.6. The topological polar surface area (TPSA) is 791 Å². The molecular formula is C90H160N2O48. The zero-order chi connectivity index (χ0) is 102. The van der Waals surface area contributed by atoms with E-state index in [9.17, 15) is 153 Å². The van der Waals surface area contributed by atoms with Gasteiger partial charge in [0.2, 0.25) is 11.8 Å². The van der Waals surface area contributed by atoms with Crippen molar-refractivity contribution in [2.45, 2.75) is 476 Å². The van der Waals surface area contributed by atoms with Crippen molar-refractivity contribution >= 4 is 11.8 Å². The van der Waals surface area contributed by atoms with Gasteiger partial charge in [0.25, 0.3) is 0 Å². The molecule has 0 saturated carbocycles. The third-order valence-electron chi connectivity index (χ3n) is 27.2. The van der Waals surface area contributed by atoms with Gasteiger partial charge in [0, 0.05) is 13.3 Å². The summed E-state index contributed by atoms with van der Waals surface area (Å²) >= 11 is 0. The van der Waals surface area contributed by atoms with E-state index in [1.54, 1.807) is 6.08 Å². The molecule has 2 amide bonds. The lowest BCUT2D eigenvalue weighted by Crippen LogP contribution is -2.69. The van der Waals surface area contributed by atoms with Gasteiger partial charge in [0.05, 0.1) is 78.2 Å². The van der Waals surface area contributed by atoms with E-state index in [-0.39, 0.29) is 12.3 Å². The lowest BCUT2D eigenvalue weighted by molar-refractivity contribution is -0.402. The van der Waals surface area contributed by atoms with E-state index in [0.717, 1.165) is 64.7 Å². The van der Waals surface area contributed by atoms with Crippen LogP contribution in [0.1, 0.15) is 188 Å². The van der Waals surface area contributed by atoms with Crippen LogP contribution in [0.15, 0.2) is 12.2 Å². The fraction of sp³-hybridized carbons (Fsp3) is 0.956. The van der Waals surface area contributed by atoms with E-state index in [2.05, 4.69) is 24.5 Å². The smallest absolute Gasteiger partial charge is 0.220 e. The van der Waals surface area contributed by atoms with Crippen LogP contribution in [0.4, 0.5) is 0 Å². The van der Waals surface area contributed by atoms with E-state index >= 15 is 0 Å². The van der Waals surface area contributed by atoms with Gasteiger partial charge in [0.1, 0.15) is 220 Å². The summed E-state index contributed by atoms with van der Waals surface area (Å²) in [5.74, 6) is -1.16. The van der Waals surface area contributed by atoms with Crippen molar-refractivity contribution in [1.82, 2.24) is 10.6 Å². The van der Waals surface area contributed by atoms with Crippen LogP contribution < -0.4 is 10.6 Å². The number of allylic oxidation sites excluding steroid dienone is 1. The zero-order valence-electron chi connectivity index (χ0n) is 79.4. The number of aliphatic hydroxyl groups is 28. The van der Waals surface area contributed by atoms with Crippen molar-refractivity contribution in [3.8, 4) is 0 Å². The maximum absolute atomic E-state index is 13.5. The number of aliphatic hydroxyl groups excluding tert-OH is 28. The number of nitrogens with one attached hydrogen (secondary N) is 2. The Balaban J connectivity index is 0.813. The van der Waals surface area contributed by atoms with E-state index in [0.29, 0.717) is 12.8 Å². The van der Waals surface area contributed by atoms with Gasteiger partial charge in [-0.2, -0.15) is 0 Å². The molecule has 818 valence electrons. The molecule has 0 aromatic rings. The average molecular weight is 2040 g/mol. The minimum atomic E-state index is -2.44. The van der Waals surface area contributed by atoms with Crippen molar-refractivity contribution in [2.24, 2.45) is 0 Å². The van der Waals surface area contributed by atoms with Crippen LogP contribution in [-0.4, -0.2) is 509 Å². The number of carbonyl (C=O) groups is 2. The predicted octanol–water partition coefficient (Wildman–Crippen LogP) is -9.88. The van der Waals surface area contributed by atoms with Gasteiger partial charge in [-0.15, -0.1) is 0 Å². The number of ether oxygens (including phenoxy) is 18. The van der Waals surface area contributed by atoms with Gasteiger partial charge < -0.3 is 239 Å². The van der Waals surface area contributed by atoms with Crippen molar-refractivity contribution in [2.75, 3.05) is 66.1 Å². The summed E-state index contributed by atoms with van der Waals surface area (Å²) in [6, 6.07) is -2.75. The summed E-state index contributed by atoms with van der Waals surface area (Å²) < 4.78 is 105. The lowest BCUT2D eigenvalue weighted by atomic mass is 9.94. The van der Waals surface area contributed by atoms with E-state index in [4.69, 9.17) is 85.3 Å². The SMILES string of the molecule is CCCCCCCCCCCCC/C=C/[C@@H](O)[C@H](CO[C@@H]1OC(CO)[C@@H](O[C@@H]2OC(CO)[C@H](O[C@@H]3OC(CO)[C@H](O)[C@H](O[C@H]4OC(CO)[C@H](O)[C@H](O[C@H]5OC(CO)[C@H](O)[C@H](O[C@H]6OC(CO)[C@H](O)[C@H](O[C@H]7OC(CO)[C@H](O)[C@H](O[C@H]8OC(CO)[C@H](O)[C@H](O[C@@H]9OC(CO)[C@H](O)[C@H](O)C9NC(C)=O)C8O)C7O)C6O)C5O)C4O)C3O)[C@H](O)C2O)[C@H](O)C1O)NC(=O)CCCCCCCCCCCCCCC. The number of carbonyl (C=O) groups excluding carboxylic acids is 2. The third-order valence-corrected chi connectivity index (χ3v) is 27.2. The Kier molecular flexibility index (Phi) is 52.1. The minimum absolute atomic E-state index is 0.154. The molecule has 0 aromatic heterocycles. The van der Waals surface area contributed by atoms with Crippen LogP contribution >= 0.6 is 0 Å². The van der Waals surface area contributed by atoms with E-state index in [1.807, 2.05) is 6.08 Å². The summed E-state index contributed by atoms with van der Waals surface area (Å²) in [6.45, 7) is -4.86. The Bertz CT molecular complexity index is 3440. The summed E-state index contributed by atoms with van der Waals surface area (Å²) in [5.41, 5.74) is 0. The Morgan fingerprint density at radius 1 is 0.279 bits per heavy atom. The Morgan fingerprint density at radius 2 is 0.521 bits per heavy atom. The first-order valence-electron chi connectivity index (χ1n) is 49.5. The van der Waals surface area contributed by atoms with Crippen molar-refractivity contribution in [3.05, 3.63) is 12.2 Å². The zero-order valence-corrected chi connectivity index (χ0v) is 79.4. The highest BCUT2D eigenvalue weighted by atomic mass is 16.8. The molecule has 140 heavy (non-hydrogen) atoms. The molecule has 9 aliphatic heterocycles. The van der Waals surface area contributed by atoms with Gasteiger partial charge in [0.15, 0.2) is 56.6 Å². The van der Waals surface area contributed by atoms with Crippen molar-refractivity contribution in [3.63, 3.8) is 0 Å². The Morgan fingerprint density at radius 3 is 0.821 bits per heavy atom. The Hall–Kier alpha value is -3.16. The molecule has 47 atom stereocenters. The first kappa shape index (κ1) is 120.